The zero-order valence-electron chi connectivity index (χ0n) is 15.2. The van der Waals surface area contributed by atoms with E-state index in [0.29, 0.717) is 13.2 Å². The lowest BCUT2D eigenvalue weighted by molar-refractivity contribution is -0.136. The van der Waals surface area contributed by atoms with Gasteiger partial charge in [0, 0.05) is 17.6 Å². The third kappa shape index (κ3) is 4.62. The molecule has 5 nitrogen and oxygen atoms in total. The molecule has 1 aliphatic heterocycles. The normalized spacial score (nSPS) is 15.9. The first-order valence-corrected chi connectivity index (χ1v) is 9.46. The number of amides is 1. The summed E-state index contributed by atoms with van der Waals surface area (Å²) in [7, 11) is 1.66. The number of thiazole rings is 1. The number of methoxy groups -OCH3 is 1. The van der Waals surface area contributed by atoms with Gasteiger partial charge in [-0.1, -0.05) is 30.3 Å². The molecule has 1 aromatic heterocycles. The van der Waals surface area contributed by atoms with E-state index in [1.54, 1.807) is 18.4 Å². The van der Waals surface area contributed by atoms with E-state index >= 15 is 0 Å². The van der Waals surface area contributed by atoms with Crippen molar-refractivity contribution < 1.29 is 9.53 Å². The van der Waals surface area contributed by atoms with Crippen molar-refractivity contribution in [3.05, 3.63) is 40.9 Å². The van der Waals surface area contributed by atoms with Gasteiger partial charge in [-0.05, 0) is 32.9 Å². The monoisotopic (exact) mass is 395 g/mol. The molecule has 1 saturated heterocycles. The van der Waals surface area contributed by atoms with Crippen LogP contribution in [-0.2, 0) is 16.1 Å². The molecule has 1 aromatic carbocycles. The first-order chi connectivity index (χ1) is 12.1. The van der Waals surface area contributed by atoms with Gasteiger partial charge in [-0.3, -0.25) is 4.79 Å². The maximum Gasteiger partial charge on any atom is 0.228 e. The van der Waals surface area contributed by atoms with Crippen molar-refractivity contribution in [2.24, 2.45) is 5.41 Å². The Morgan fingerprint density at radius 2 is 2.00 bits per heavy atom. The van der Waals surface area contributed by atoms with Crippen molar-refractivity contribution in [2.45, 2.75) is 26.3 Å². The summed E-state index contributed by atoms with van der Waals surface area (Å²) in [4.78, 5) is 18.6. The van der Waals surface area contributed by atoms with Crippen LogP contribution in [0.5, 0.6) is 0 Å². The largest absolute Gasteiger partial charge is 0.384 e. The van der Waals surface area contributed by atoms with Gasteiger partial charge < -0.3 is 15.4 Å². The molecule has 2 heterocycles. The number of carbonyl (C=O) groups excluding carboxylic acids is 1. The fourth-order valence-electron chi connectivity index (χ4n) is 3.26. The Kier molecular flexibility index (Phi) is 7.58. The Balaban J connectivity index is 0.00000243. The third-order valence-corrected chi connectivity index (χ3v) is 5.99. The molecule has 1 aliphatic rings. The highest BCUT2D eigenvalue weighted by atomic mass is 35.5. The number of aromatic nitrogens is 1. The zero-order valence-corrected chi connectivity index (χ0v) is 16.8. The highest BCUT2D eigenvalue weighted by molar-refractivity contribution is 7.15. The summed E-state index contributed by atoms with van der Waals surface area (Å²) in [5, 5.41) is 7.43. The van der Waals surface area contributed by atoms with E-state index in [0.717, 1.165) is 47.1 Å². The summed E-state index contributed by atoms with van der Waals surface area (Å²) in [5.74, 6) is 0.0879. The average molecular weight is 396 g/mol. The molecule has 1 amide bonds. The van der Waals surface area contributed by atoms with Gasteiger partial charge in [0.25, 0.3) is 0 Å². The number of halogens is 1. The molecular weight excluding hydrogens is 370 g/mol. The maximum absolute atomic E-state index is 12.8. The minimum atomic E-state index is -0.416. The number of ether oxygens (including phenoxy) is 1. The van der Waals surface area contributed by atoms with Crippen molar-refractivity contribution in [3.8, 4) is 10.6 Å². The molecule has 0 unspecified atom stereocenters. The SMILES string of the molecule is COCC1(C(=O)NCc2sc(-c3ccccc3)nc2C)CCNCC1.Cl. The van der Waals surface area contributed by atoms with E-state index in [9.17, 15) is 4.79 Å². The second-order valence-corrected chi connectivity index (χ2v) is 7.62. The number of hydrogen-bond acceptors (Lipinski definition) is 5. The molecule has 0 saturated carbocycles. The molecule has 1 fully saturated rings. The van der Waals surface area contributed by atoms with E-state index in [2.05, 4.69) is 27.8 Å². The fraction of sp³-hybridized carbons (Fsp3) is 0.474. The lowest BCUT2D eigenvalue weighted by atomic mass is 9.78. The van der Waals surface area contributed by atoms with Crippen LogP contribution in [-0.4, -0.2) is 37.7 Å². The van der Waals surface area contributed by atoms with Crippen molar-refractivity contribution in [1.82, 2.24) is 15.6 Å². The first kappa shape index (κ1) is 20.8. The van der Waals surface area contributed by atoms with Gasteiger partial charge in [0.1, 0.15) is 5.01 Å². The molecular formula is C19H26ClN3O2S. The van der Waals surface area contributed by atoms with E-state index in [1.807, 2.05) is 25.1 Å². The average Bonchev–Trinajstić information content (AvgIpc) is 3.02. The van der Waals surface area contributed by atoms with Gasteiger partial charge in [-0.15, -0.1) is 23.7 Å². The maximum atomic E-state index is 12.8. The Morgan fingerprint density at radius 3 is 2.65 bits per heavy atom. The van der Waals surface area contributed by atoms with Crippen LogP contribution >= 0.6 is 23.7 Å². The van der Waals surface area contributed by atoms with Crippen LogP contribution < -0.4 is 10.6 Å². The second kappa shape index (κ2) is 9.46. The minimum absolute atomic E-state index is 0. The van der Waals surface area contributed by atoms with Gasteiger partial charge in [0.2, 0.25) is 5.91 Å². The van der Waals surface area contributed by atoms with Crippen molar-refractivity contribution in [2.75, 3.05) is 26.8 Å². The summed E-state index contributed by atoms with van der Waals surface area (Å²) in [6.45, 7) is 4.70. The number of aryl methyl sites for hydroxylation is 1. The van der Waals surface area contributed by atoms with Crippen molar-refractivity contribution >= 4 is 29.7 Å². The van der Waals surface area contributed by atoms with E-state index < -0.39 is 5.41 Å². The predicted molar refractivity (Wildman–Crippen MR) is 108 cm³/mol. The van der Waals surface area contributed by atoms with E-state index in [1.165, 1.54) is 0 Å². The van der Waals surface area contributed by atoms with Crippen LogP contribution in [0.25, 0.3) is 10.6 Å². The number of hydrogen-bond donors (Lipinski definition) is 2. The molecule has 0 atom stereocenters. The number of nitrogens with one attached hydrogen (secondary N) is 2. The topological polar surface area (TPSA) is 63.2 Å². The van der Waals surface area contributed by atoms with Gasteiger partial charge >= 0.3 is 0 Å². The van der Waals surface area contributed by atoms with Gasteiger partial charge in [0.15, 0.2) is 0 Å². The van der Waals surface area contributed by atoms with Gasteiger partial charge in [-0.25, -0.2) is 4.98 Å². The van der Waals surface area contributed by atoms with E-state index in [4.69, 9.17) is 4.74 Å². The molecule has 142 valence electrons. The second-order valence-electron chi connectivity index (χ2n) is 6.54. The smallest absolute Gasteiger partial charge is 0.228 e. The molecule has 7 heteroatoms. The Bertz CT molecular complexity index is 709. The molecule has 0 aliphatic carbocycles. The van der Waals surface area contributed by atoms with Crippen LogP contribution in [0.15, 0.2) is 30.3 Å². The van der Waals surface area contributed by atoms with Crippen LogP contribution in [0.2, 0.25) is 0 Å². The highest BCUT2D eigenvalue weighted by Crippen LogP contribution is 2.31. The first-order valence-electron chi connectivity index (χ1n) is 8.64. The third-order valence-electron chi connectivity index (χ3n) is 4.79. The zero-order chi connectivity index (χ0) is 17.7. The van der Waals surface area contributed by atoms with Gasteiger partial charge in [-0.2, -0.15) is 0 Å². The Hall–Kier alpha value is -1.47. The number of rotatable bonds is 6. The van der Waals surface area contributed by atoms with E-state index in [-0.39, 0.29) is 18.3 Å². The van der Waals surface area contributed by atoms with Crippen molar-refractivity contribution in [1.29, 1.82) is 0 Å². The standard InChI is InChI=1S/C19H25N3O2S.ClH/c1-14-16(25-17(22-14)15-6-4-3-5-7-15)12-21-18(23)19(13-24-2)8-10-20-11-9-19;/h3-7,20H,8-13H2,1-2H3,(H,21,23);1H. The Labute approximate surface area is 165 Å². The number of nitrogens with zero attached hydrogens (tertiary/aromatic N) is 1. The molecule has 0 radical (unpaired) electrons. The molecule has 2 N–H and O–H groups in total. The lowest BCUT2D eigenvalue weighted by Crippen LogP contribution is -2.49. The van der Waals surface area contributed by atoms with Gasteiger partial charge in [0.05, 0.1) is 24.3 Å². The quantitative estimate of drug-likeness (QED) is 0.788. The summed E-state index contributed by atoms with van der Waals surface area (Å²) in [6.07, 6.45) is 1.62. The molecule has 0 spiro atoms. The fourth-order valence-corrected chi connectivity index (χ4v) is 4.27. The number of carbonyl (C=O) groups is 1. The minimum Gasteiger partial charge on any atom is -0.384 e. The van der Waals surface area contributed by atoms with Crippen LogP contribution in [0.4, 0.5) is 0 Å². The summed E-state index contributed by atoms with van der Waals surface area (Å²) in [5.41, 5.74) is 1.68. The predicted octanol–water partition coefficient (Wildman–Crippen LogP) is 3.17. The van der Waals surface area contributed by atoms with Crippen LogP contribution in [0.1, 0.15) is 23.4 Å². The van der Waals surface area contributed by atoms with Crippen LogP contribution in [0.3, 0.4) is 0 Å². The van der Waals surface area contributed by atoms with Crippen molar-refractivity contribution in [3.63, 3.8) is 0 Å². The summed E-state index contributed by atoms with van der Waals surface area (Å²) in [6, 6.07) is 10.1. The van der Waals surface area contributed by atoms with Crippen LogP contribution in [0, 0.1) is 12.3 Å². The lowest BCUT2D eigenvalue weighted by Gasteiger charge is -2.35. The molecule has 26 heavy (non-hydrogen) atoms. The highest BCUT2D eigenvalue weighted by Gasteiger charge is 2.39. The number of benzene rings is 1. The summed E-state index contributed by atoms with van der Waals surface area (Å²) < 4.78 is 5.35. The summed E-state index contributed by atoms with van der Waals surface area (Å²) >= 11 is 1.64. The molecule has 3 rings (SSSR count). The molecule has 2 aromatic rings. The Morgan fingerprint density at radius 1 is 1.31 bits per heavy atom. The molecule has 0 bridgehead atoms. The number of piperidine rings is 1.